The Morgan fingerprint density at radius 3 is 2.38 bits per heavy atom. The molecule has 0 aliphatic carbocycles. The van der Waals surface area contributed by atoms with E-state index in [-0.39, 0.29) is 30.1 Å². The first kappa shape index (κ1) is 31.5. The lowest BCUT2D eigenvalue weighted by molar-refractivity contribution is -0.162. The van der Waals surface area contributed by atoms with Gasteiger partial charge in [0.2, 0.25) is 23.6 Å². The van der Waals surface area contributed by atoms with Crippen molar-refractivity contribution in [1.82, 2.24) is 15.7 Å². The number of aromatic hydroxyl groups is 4. The number of esters is 1. The summed E-state index contributed by atoms with van der Waals surface area (Å²) in [6.07, 6.45) is -0.113. The lowest BCUT2D eigenvalue weighted by atomic mass is 10.1. The average molecular weight is 589 g/mol. The van der Waals surface area contributed by atoms with Gasteiger partial charge in [0.15, 0.2) is 29.0 Å². The van der Waals surface area contributed by atoms with E-state index in [2.05, 4.69) is 15.6 Å². The van der Waals surface area contributed by atoms with Crippen LogP contribution in [0.3, 0.4) is 0 Å². The molecule has 0 unspecified atom stereocenters. The number of unbranched alkanes of at least 4 members (excludes halogenated alkanes) is 1. The second-order valence-corrected chi connectivity index (χ2v) is 9.35. The number of phenolic OH excluding ortho intramolecular Hbond substituents is 4. The van der Waals surface area contributed by atoms with Gasteiger partial charge < -0.3 is 40.5 Å². The molecule has 0 radical (unpaired) electrons. The monoisotopic (exact) mass is 588 g/mol. The van der Waals surface area contributed by atoms with Crippen molar-refractivity contribution in [3.05, 3.63) is 47.5 Å². The first-order valence-corrected chi connectivity index (χ1v) is 12.9. The average Bonchev–Trinajstić information content (AvgIpc) is 3.34. The number of rotatable bonds is 12. The maximum absolute atomic E-state index is 13.2. The summed E-state index contributed by atoms with van der Waals surface area (Å²) in [6, 6.07) is 5.19. The zero-order valence-corrected chi connectivity index (χ0v) is 22.8. The maximum Gasteiger partial charge on any atom is 0.342 e. The van der Waals surface area contributed by atoms with E-state index in [1.807, 2.05) is 0 Å². The van der Waals surface area contributed by atoms with Crippen molar-refractivity contribution in [1.29, 1.82) is 0 Å². The quantitative estimate of drug-likeness (QED) is 0.0594. The third kappa shape index (κ3) is 7.78. The molecule has 0 bridgehead atoms. The maximum atomic E-state index is 13.2. The van der Waals surface area contributed by atoms with E-state index in [4.69, 9.17) is 9.47 Å². The van der Waals surface area contributed by atoms with Crippen LogP contribution < -0.4 is 10.6 Å². The Hall–Kier alpha value is -5.05. The van der Waals surface area contributed by atoms with Crippen molar-refractivity contribution in [3.8, 4) is 23.0 Å². The summed E-state index contributed by atoms with van der Waals surface area (Å²) in [5, 5.41) is 54.5. The van der Waals surface area contributed by atoms with E-state index in [0.717, 1.165) is 6.07 Å². The molecule has 1 aliphatic rings. The Labute approximate surface area is 240 Å². The molecule has 3 atom stereocenters. The zero-order valence-electron chi connectivity index (χ0n) is 22.8. The molecule has 0 spiro atoms. The fourth-order valence-electron chi connectivity index (χ4n) is 3.86. The van der Waals surface area contributed by atoms with Crippen LogP contribution >= 0.6 is 0 Å². The highest BCUT2D eigenvalue weighted by Gasteiger charge is 2.37. The number of benzene rings is 2. The van der Waals surface area contributed by atoms with Crippen molar-refractivity contribution in [2.24, 2.45) is 4.99 Å². The molecule has 3 rings (SSSR count). The van der Waals surface area contributed by atoms with E-state index in [0.29, 0.717) is 17.9 Å². The molecule has 3 amide bonds. The van der Waals surface area contributed by atoms with Gasteiger partial charge in [-0.2, -0.15) is 0 Å². The molecule has 7 N–H and O–H groups in total. The van der Waals surface area contributed by atoms with Crippen molar-refractivity contribution >= 4 is 29.6 Å². The molecular formula is C27H32N4O11. The zero-order chi connectivity index (χ0) is 31.0. The van der Waals surface area contributed by atoms with Gasteiger partial charge in [0.25, 0.3) is 0 Å². The lowest BCUT2D eigenvalue weighted by Crippen LogP contribution is -2.53. The molecule has 1 aliphatic heterocycles. The molecule has 0 saturated heterocycles. The van der Waals surface area contributed by atoms with Crippen molar-refractivity contribution in [3.63, 3.8) is 0 Å². The van der Waals surface area contributed by atoms with Gasteiger partial charge in [-0.1, -0.05) is 12.1 Å². The van der Waals surface area contributed by atoms with Crippen LogP contribution in [0.4, 0.5) is 0 Å². The van der Waals surface area contributed by atoms with Crippen LogP contribution in [0.1, 0.15) is 42.6 Å². The molecule has 2 aromatic carbocycles. The number of phenols is 4. The van der Waals surface area contributed by atoms with Crippen LogP contribution in [0.15, 0.2) is 41.4 Å². The van der Waals surface area contributed by atoms with Gasteiger partial charge in [0, 0.05) is 20.0 Å². The van der Waals surface area contributed by atoms with Crippen LogP contribution in [0.2, 0.25) is 0 Å². The predicted molar refractivity (Wildman–Crippen MR) is 144 cm³/mol. The Bertz CT molecular complexity index is 1360. The number of carbonyl (C=O) groups excluding carboxylic acids is 4. The van der Waals surface area contributed by atoms with Gasteiger partial charge in [0.05, 0.1) is 5.56 Å². The van der Waals surface area contributed by atoms with Crippen LogP contribution in [0, 0.1) is 0 Å². The molecule has 1 heterocycles. The highest BCUT2D eigenvalue weighted by Crippen LogP contribution is 2.32. The molecule has 0 saturated carbocycles. The third-order valence-electron chi connectivity index (χ3n) is 6.22. The summed E-state index contributed by atoms with van der Waals surface area (Å²) in [4.78, 5) is 54.0. The Morgan fingerprint density at radius 2 is 1.69 bits per heavy atom. The normalized spacial score (nSPS) is 16.5. The first-order valence-electron chi connectivity index (χ1n) is 12.9. The fourth-order valence-corrected chi connectivity index (χ4v) is 3.86. The number of nitrogens with zero attached hydrogens (tertiary/aromatic N) is 2. The topological polar surface area (TPSA) is 228 Å². The number of hydroxylamine groups is 2. The number of carbonyl (C=O) groups is 4. The van der Waals surface area contributed by atoms with Crippen LogP contribution in [-0.4, -0.2) is 98.2 Å². The third-order valence-corrected chi connectivity index (χ3v) is 6.22. The smallest absolute Gasteiger partial charge is 0.342 e. The van der Waals surface area contributed by atoms with Crippen molar-refractivity contribution in [2.75, 3.05) is 19.7 Å². The number of aliphatic imine (C=N–C) groups is 1. The number of hydrogen-bond donors (Lipinski definition) is 7. The fraction of sp³-hybridized carbons (Fsp3) is 0.370. The molecule has 0 aromatic heterocycles. The molecule has 15 nitrogen and oxygen atoms in total. The van der Waals surface area contributed by atoms with Gasteiger partial charge in [0.1, 0.15) is 24.3 Å². The summed E-state index contributed by atoms with van der Waals surface area (Å²) in [5.74, 6) is -5.39. The number of hydrogen-bond acceptors (Lipinski definition) is 12. The minimum atomic E-state index is -1.42. The standard InChI is InChI=1S/C27H32N4O11/c1-14-21(30-26(42-14)16-7-5-9-19(33)22(16)35)25(38)29-18(24(37)28-11-3-4-12-31(40)15(2)32)13-41-27(39)17-8-6-10-20(34)23(17)36/h5-10,14,18,21,33-36,40H,3-4,11-13H2,1-2H3,(H,28,37)(H,29,38)/t14-,18+,21+/m1/s1. The minimum Gasteiger partial charge on any atom is -0.504 e. The number of amides is 3. The second kappa shape index (κ2) is 14.0. The Morgan fingerprint density at radius 1 is 1.02 bits per heavy atom. The molecule has 226 valence electrons. The van der Waals surface area contributed by atoms with E-state index in [1.165, 1.54) is 44.2 Å². The summed E-state index contributed by atoms with van der Waals surface area (Å²) in [5.41, 5.74) is -0.310. The summed E-state index contributed by atoms with van der Waals surface area (Å²) in [7, 11) is 0. The first-order chi connectivity index (χ1) is 19.9. The summed E-state index contributed by atoms with van der Waals surface area (Å²) < 4.78 is 10.8. The van der Waals surface area contributed by atoms with Crippen LogP contribution in [0.5, 0.6) is 23.0 Å². The van der Waals surface area contributed by atoms with Gasteiger partial charge in [-0.3, -0.25) is 19.6 Å². The predicted octanol–water partition coefficient (Wildman–Crippen LogP) is 0.519. The van der Waals surface area contributed by atoms with E-state index in [9.17, 15) is 44.8 Å². The molecule has 15 heteroatoms. The summed E-state index contributed by atoms with van der Waals surface area (Å²) >= 11 is 0. The van der Waals surface area contributed by atoms with E-state index >= 15 is 0 Å². The Balaban J connectivity index is 1.70. The SMILES string of the molecule is CC(=O)N(O)CCCCNC(=O)[C@H](COC(=O)c1cccc(O)c1O)NC(=O)[C@H]1N=C(c2cccc(O)c2O)O[C@@H]1C. The van der Waals surface area contributed by atoms with E-state index < -0.39 is 71.5 Å². The molecule has 2 aromatic rings. The molecular weight excluding hydrogens is 556 g/mol. The largest absolute Gasteiger partial charge is 0.504 e. The van der Waals surface area contributed by atoms with E-state index in [1.54, 1.807) is 0 Å². The number of nitrogens with one attached hydrogen (secondary N) is 2. The second-order valence-electron chi connectivity index (χ2n) is 9.35. The Kier molecular flexibility index (Phi) is 10.5. The van der Waals surface area contributed by atoms with Gasteiger partial charge in [-0.05, 0) is 44.0 Å². The van der Waals surface area contributed by atoms with Gasteiger partial charge in [-0.15, -0.1) is 0 Å². The number of ether oxygens (including phenoxy) is 2. The highest BCUT2D eigenvalue weighted by atomic mass is 16.5. The van der Waals surface area contributed by atoms with Gasteiger partial charge in [-0.25, -0.2) is 14.9 Å². The van der Waals surface area contributed by atoms with Crippen molar-refractivity contribution in [2.45, 2.75) is 44.9 Å². The minimum absolute atomic E-state index is 0.0467. The van der Waals surface area contributed by atoms with Gasteiger partial charge >= 0.3 is 5.97 Å². The molecule has 42 heavy (non-hydrogen) atoms. The van der Waals surface area contributed by atoms with Crippen LogP contribution in [-0.2, 0) is 23.9 Å². The lowest BCUT2D eigenvalue weighted by Gasteiger charge is -2.21. The highest BCUT2D eigenvalue weighted by molar-refractivity contribution is 6.02. The van der Waals surface area contributed by atoms with Crippen molar-refractivity contribution < 1.29 is 54.3 Å². The molecule has 0 fully saturated rings. The number of para-hydroxylation sites is 2. The summed E-state index contributed by atoms with van der Waals surface area (Å²) in [6.45, 7) is 2.21. The van der Waals surface area contributed by atoms with Crippen LogP contribution in [0.25, 0.3) is 0 Å².